The van der Waals surface area contributed by atoms with Crippen molar-refractivity contribution in [3.05, 3.63) is 32.7 Å². The molecule has 1 aliphatic rings. The van der Waals surface area contributed by atoms with Crippen LogP contribution in [-0.2, 0) is 4.74 Å². The van der Waals surface area contributed by atoms with E-state index in [-0.39, 0.29) is 12.5 Å². The molecule has 1 aromatic carbocycles. The number of hydrogen-bond acceptors (Lipinski definition) is 3. The van der Waals surface area contributed by atoms with Crippen molar-refractivity contribution in [3.8, 4) is 0 Å². The minimum absolute atomic E-state index is 0.0757. The number of rotatable bonds is 3. The van der Waals surface area contributed by atoms with Gasteiger partial charge in [0.25, 0.3) is 5.91 Å². The summed E-state index contributed by atoms with van der Waals surface area (Å²) in [6, 6.07) is 5.43. The van der Waals surface area contributed by atoms with E-state index in [9.17, 15) is 9.90 Å². The van der Waals surface area contributed by atoms with E-state index in [2.05, 4.69) is 37.2 Å². The lowest BCUT2D eigenvalue weighted by molar-refractivity contribution is 0.0125. The Labute approximate surface area is 128 Å². The van der Waals surface area contributed by atoms with Crippen LogP contribution in [0.1, 0.15) is 23.2 Å². The lowest BCUT2D eigenvalue weighted by Crippen LogP contribution is -2.54. The summed E-state index contributed by atoms with van der Waals surface area (Å²) in [6.45, 7) is 1.04. The highest BCUT2D eigenvalue weighted by Crippen LogP contribution is 2.24. The third kappa shape index (κ3) is 3.56. The zero-order chi connectivity index (χ0) is 13.9. The molecule has 0 radical (unpaired) electrons. The second kappa shape index (κ2) is 6.35. The standard InChI is InChI=1S/C13H15Br2NO3/c14-9-1-2-11(15)10(7-9)12(18)16-13(8-17)3-5-19-6-4-13/h1-2,7,17H,3-6,8H2,(H,16,18). The van der Waals surface area contributed by atoms with Gasteiger partial charge in [0.2, 0.25) is 0 Å². The van der Waals surface area contributed by atoms with Crippen molar-refractivity contribution in [1.29, 1.82) is 0 Å². The number of nitrogens with one attached hydrogen (secondary N) is 1. The summed E-state index contributed by atoms with van der Waals surface area (Å²) in [7, 11) is 0. The Morgan fingerprint density at radius 2 is 2.05 bits per heavy atom. The maximum atomic E-state index is 12.3. The highest BCUT2D eigenvalue weighted by Gasteiger charge is 2.34. The van der Waals surface area contributed by atoms with Gasteiger partial charge in [-0.15, -0.1) is 0 Å². The van der Waals surface area contributed by atoms with Crippen molar-refractivity contribution < 1.29 is 14.6 Å². The Kier molecular flexibility index (Phi) is 5.00. The lowest BCUT2D eigenvalue weighted by atomic mass is 9.90. The average molecular weight is 393 g/mol. The molecule has 0 aromatic heterocycles. The van der Waals surface area contributed by atoms with E-state index < -0.39 is 5.54 Å². The molecule has 2 rings (SSSR count). The van der Waals surface area contributed by atoms with Crippen LogP contribution in [0.5, 0.6) is 0 Å². The predicted molar refractivity (Wildman–Crippen MR) is 79.2 cm³/mol. The van der Waals surface area contributed by atoms with Gasteiger partial charge in [-0.25, -0.2) is 0 Å². The van der Waals surface area contributed by atoms with E-state index >= 15 is 0 Å². The summed E-state index contributed by atoms with van der Waals surface area (Å²) in [6.07, 6.45) is 1.25. The minimum Gasteiger partial charge on any atom is -0.394 e. The number of halogens is 2. The average Bonchev–Trinajstić information content (AvgIpc) is 2.42. The van der Waals surface area contributed by atoms with E-state index in [1.807, 2.05) is 12.1 Å². The van der Waals surface area contributed by atoms with Gasteiger partial charge in [0.15, 0.2) is 0 Å². The van der Waals surface area contributed by atoms with Gasteiger partial charge in [-0.2, -0.15) is 0 Å². The molecule has 0 saturated carbocycles. The maximum Gasteiger partial charge on any atom is 0.252 e. The fraction of sp³-hybridized carbons (Fsp3) is 0.462. The van der Waals surface area contributed by atoms with E-state index in [1.165, 1.54) is 0 Å². The van der Waals surface area contributed by atoms with Crippen molar-refractivity contribution in [2.75, 3.05) is 19.8 Å². The third-order valence-electron chi connectivity index (χ3n) is 3.30. The van der Waals surface area contributed by atoms with Crippen LogP contribution in [0.25, 0.3) is 0 Å². The largest absolute Gasteiger partial charge is 0.394 e. The van der Waals surface area contributed by atoms with Crippen LogP contribution in [0.15, 0.2) is 27.1 Å². The molecular weight excluding hydrogens is 378 g/mol. The van der Waals surface area contributed by atoms with Gasteiger partial charge < -0.3 is 15.2 Å². The summed E-state index contributed by atoms with van der Waals surface area (Å²) < 4.78 is 6.85. The fourth-order valence-electron chi connectivity index (χ4n) is 2.06. The van der Waals surface area contributed by atoms with Gasteiger partial charge in [-0.05, 0) is 47.0 Å². The first-order chi connectivity index (χ1) is 9.06. The van der Waals surface area contributed by atoms with Gasteiger partial charge >= 0.3 is 0 Å². The molecule has 1 amide bonds. The van der Waals surface area contributed by atoms with Crippen molar-refractivity contribution in [2.24, 2.45) is 0 Å². The first kappa shape index (κ1) is 15.0. The smallest absolute Gasteiger partial charge is 0.252 e. The monoisotopic (exact) mass is 391 g/mol. The molecule has 0 aliphatic carbocycles. The molecule has 0 spiro atoms. The zero-order valence-electron chi connectivity index (χ0n) is 10.3. The summed E-state index contributed by atoms with van der Waals surface area (Å²) in [5, 5.41) is 12.5. The van der Waals surface area contributed by atoms with Crippen molar-refractivity contribution in [2.45, 2.75) is 18.4 Å². The van der Waals surface area contributed by atoms with Gasteiger partial charge in [-0.1, -0.05) is 15.9 Å². The highest BCUT2D eigenvalue weighted by molar-refractivity contribution is 9.11. The first-order valence-corrected chi connectivity index (χ1v) is 7.61. The van der Waals surface area contributed by atoms with E-state index in [0.29, 0.717) is 31.6 Å². The van der Waals surface area contributed by atoms with E-state index in [4.69, 9.17) is 4.74 Å². The van der Waals surface area contributed by atoms with Crippen LogP contribution in [-0.4, -0.2) is 36.4 Å². The minimum atomic E-state index is -0.572. The molecule has 1 aromatic rings. The van der Waals surface area contributed by atoms with Gasteiger partial charge in [0.1, 0.15) is 0 Å². The van der Waals surface area contributed by atoms with Crippen LogP contribution >= 0.6 is 31.9 Å². The molecule has 1 aliphatic heterocycles. The molecule has 19 heavy (non-hydrogen) atoms. The van der Waals surface area contributed by atoms with Crippen LogP contribution in [0.4, 0.5) is 0 Å². The maximum absolute atomic E-state index is 12.3. The van der Waals surface area contributed by atoms with Gasteiger partial charge in [0.05, 0.1) is 17.7 Å². The molecule has 1 fully saturated rings. The summed E-state index contributed by atoms with van der Waals surface area (Å²) in [4.78, 5) is 12.3. The highest BCUT2D eigenvalue weighted by atomic mass is 79.9. The Morgan fingerprint density at radius 3 is 2.68 bits per heavy atom. The topological polar surface area (TPSA) is 58.6 Å². The zero-order valence-corrected chi connectivity index (χ0v) is 13.5. The molecule has 1 heterocycles. The fourth-order valence-corrected chi connectivity index (χ4v) is 2.85. The summed E-state index contributed by atoms with van der Waals surface area (Å²) >= 11 is 6.72. The number of carbonyl (C=O) groups excluding carboxylic acids is 1. The van der Waals surface area contributed by atoms with Crippen LogP contribution in [0.3, 0.4) is 0 Å². The van der Waals surface area contributed by atoms with Crippen LogP contribution in [0, 0.1) is 0 Å². The number of amides is 1. The Morgan fingerprint density at radius 1 is 1.37 bits per heavy atom. The molecule has 1 saturated heterocycles. The van der Waals surface area contributed by atoms with E-state index in [1.54, 1.807) is 6.07 Å². The number of carbonyl (C=O) groups is 1. The number of aliphatic hydroxyl groups excluding tert-OH is 1. The van der Waals surface area contributed by atoms with Gasteiger partial charge in [-0.3, -0.25) is 4.79 Å². The number of hydrogen-bond donors (Lipinski definition) is 2. The second-order valence-corrected chi connectivity index (χ2v) is 6.40. The van der Waals surface area contributed by atoms with Crippen molar-refractivity contribution in [3.63, 3.8) is 0 Å². The Balaban J connectivity index is 2.17. The molecule has 0 unspecified atom stereocenters. The molecule has 104 valence electrons. The summed E-state index contributed by atoms with van der Waals surface area (Å²) in [5.74, 6) is -0.191. The molecule has 0 bridgehead atoms. The summed E-state index contributed by atoms with van der Waals surface area (Å²) in [5.41, 5.74) is -0.0226. The Bertz CT molecular complexity index is 473. The lowest BCUT2D eigenvalue weighted by Gasteiger charge is -2.36. The van der Waals surface area contributed by atoms with Crippen LogP contribution < -0.4 is 5.32 Å². The van der Waals surface area contributed by atoms with Crippen molar-refractivity contribution in [1.82, 2.24) is 5.32 Å². The Hall–Kier alpha value is -0.430. The molecule has 6 heteroatoms. The third-order valence-corrected chi connectivity index (χ3v) is 4.49. The number of benzene rings is 1. The molecule has 0 atom stereocenters. The SMILES string of the molecule is O=C(NC1(CO)CCOCC1)c1cc(Br)ccc1Br. The van der Waals surface area contributed by atoms with Gasteiger partial charge in [0, 0.05) is 22.2 Å². The number of ether oxygens (including phenoxy) is 1. The van der Waals surface area contributed by atoms with E-state index in [0.717, 1.165) is 8.95 Å². The second-order valence-electron chi connectivity index (χ2n) is 4.63. The quantitative estimate of drug-likeness (QED) is 0.830. The molecular formula is C13H15Br2NO3. The number of aliphatic hydroxyl groups is 1. The normalized spacial score (nSPS) is 18.1. The predicted octanol–water partition coefficient (Wildman–Crippen LogP) is 2.48. The molecule has 4 nitrogen and oxygen atoms in total. The van der Waals surface area contributed by atoms with Crippen LogP contribution in [0.2, 0.25) is 0 Å². The first-order valence-electron chi connectivity index (χ1n) is 6.02. The molecule has 2 N–H and O–H groups in total. The van der Waals surface area contributed by atoms with Crippen molar-refractivity contribution >= 4 is 37.8 Å².